The van der Waals surface area contributed by atoms with Gasteiger partial charge in [0.05, 0.1) is 12.7 Å². The van der Waals surface area contributed by atoms with Gasteiger partial charge in [-0.15, -0.1) is 0 Å². The van der Waals surface area contributed by atoms with Gasteiger partial charge in [-0.05, 0) is 44.5 Å². The SMILES string of the molecule is COc1ccc(C(=O)N(C)CC(C)(C)O)c(C)c1. The average molecular weight is 251 g/mol. The number of methoxy groups -OCH3 is 1. The van der Waals surface area contributed by atoms with Gasteiger partial charge in [-0.1, -0.05) is 0 Å². The Morgan fingerprint density at radius 2 is 2.06 bits per heavy atom. The molecule has 0 aliphatic rings. The van der Waals surface area contributed by atoms with Crippen molar-refractivity contribution in [3.05, 3.63) is 29.3 Å². The predicted molar refractivity (Wildman–Crippen MR) is 71.0 cm³/mol. The molecular formula is C14H21NO3. The van der Waals surface area contributed by atoms with E-state index < -0.39 is 5.60 Å². The summed E-state index contributed by atoms with van der Waals surface area (Å²) in [5.74, 6) is 0.631. The van der Waals surface area contributed by atoms with Crippen molar-refractivity contribution in [1.82, 2.24) is 4.90 Å². The summed E-state index contributed by atoms with van der Waals surface area (Å²) in [6, 6.07) is 5.33. The summed E-state index contributed by atoms with van der Waals surface area (Å²) in [5.41, 5.74) is 0.592. The molecule has 1 rings (SSSR count). The number of benzene rings is 1. The van der Waals surface area contributed by atoms with Crippen LogP contribution >= 0.6 is 0 Å². The van der Waals surface area contributed by atoms with E-state index >= 15 is 0 Å². The van der Waals surface area contributed by atoms with Crippen LogP contribution in [-0.4, -0.2) is 42.2 Å². The van der Waals surface area contributed by atoms with E-state index in [9.17, 15) is 9.90 Å². The summed E-state index contributed by atoms with van der Waals surface area (Å²) >= 11 is 0. The smallest absolute Gasteiger partial charge is 0.253 e. The third-order valence-corrected chi connectivity index (χ3v) is 2.63. The highest BCUT2D eigenvalue weighted by atomic mass is 16.5. The van der Waals surface area contributed by atoms with Crippen LogP contribution < -0.4 is 4.74 Å². The molecule has 0 fully saturated rings. The third-order valence-electron chi connectivity index (χ3n) is 2.63. The van der Waals surface area contributed by atoms with E-state index in [1.807, 2.05) is 13.0 Å². The van der Waals surface area contributed by atoms with Crippen molar-refractivity contribution in [2.45, 2.75) is 26.4 Å². The minimum atomic E-state index is -0.898. The molecule has 1 aromatic rings. The van der Waals surface area contributed by atoms with Crippen molar-refractivity contribution in [3.8, 4) is 5.75 Å². The Hall–Kier alpha value is -1.55. The molecule has 100 valence electrons. The summed E-state index contributed by atoms with van der Waals surface area (Å²) in [6.45, 7) is 5.51. The number of aliphatic hydroxyl groups is 1. The van der Waals surface area contributed by atoms with Crippen molar-refractivity contribution < 1.29 is 14.6 Å². The Kier molecular flexibility index (Phi) is 4.35. The number of ether oxygens (including phenoxy) is 1. The second-order valence-electron chi connectivity index (χ2n) is 5.15. The molecule has 1 amide bonds. The molecule has 0 saturated heterocycles. The van der Waals surface area contributed by atoms with Crippen LogP contribution in [0.15, 0.2) is 18.2 Å². The van der Waals surface area contributed by atoms with Gasteiger partial charge in [0.25, 0.3) is 5.91 Å². The number of amides is 1. The summed E-state index contributed by atoms with van der Waals surface area (Å²) < 4.78 is 5.11. The number of carbonyl (C=O) groups is 1. The molecule has 1 N–H and O–H groups in total. The van der Waals surface area contributed by atoms with Crippen molar-refractivity contribution in [2.75, 3.05) is 20.7 Å². The number of nitrogens with zero attached hydrogens (tertiary/aromatic N) is 1. The average Bonchev–Trinajstić information content (AvgIpc) is 2.25. The van der Waals surface area contributed by atoms with E-state index in [1.165, 1.54) is 4.90 Å². The van der Waals surface area contributed by atoms with Crippen LogP contribution in [0, 0.1) is 6.92 Å². The maximum atomic E-state index is 12.2. The fourth-order valence-electron chi connectivity index (χ4n) is 1.86. The maximum Gasteiger partial charge on any atom is 0.253 e. The molecule has 0 unspecified atom stereocenters. The van der Waals surface area contributed by atoms with E-state index in [0.29, 0.717) is 5.56 Å². The molecule has 18 heavy (non-hydrogen) atoms. The normalized spacial score (nSPS) is 11.2. The highest BCUT2D eigenvalue weighted by Crippen LogP contribution is 2.18. The monoisotopic (exact) mass is 251 g/mol. The van der Waals surface area contributed by atoms with E-state index in [0.717, 1.165) is 11.3 Å². The standard InChI is InChI=1S/C14H21NO3/c1-10-8-11(18-5)6-7-12(10)13(16)15(4)9-14(2,3)17/h6-8,17H,9H2,1-5H3. The molecule has 0 aliphatic carbocycles. The Labute approximate surface area is 108 Å². The number of carbonyl (C=O) groups excluding carboxylic acids is 1. The molecule has 0 spiro atoms. The highest BCUT2D eigenvalue weighted by Gasteiger charge is 2.21. The summed E-state index contributed by atoms with van der Waals surface area (Å²) in [5, 5.41) is 9.72. The fourth-order valence-corrected chi connectivity index (χ4v) is 1.86. The van der Waals surface area contributed by atoms with Crippen LogP contribution in [0.3, 0.4) is 0 Å². The van der Waals surface area contributed by atoms with Crippen molar-refractivity contribution >= 4 is 5.91 Å². The van der Waals surface area contributed by atoms with E-state index in [1.54, 1.807) is 40.1 Å². The molecule has 0 aliphatic heterocycles. The minimum Gasteiger partial charge on any atom is -0.497 e. The number of aryl methyl sites for hydroxylation is 1. The summed E-state index contributed by atoms with van der Waals surface area (Å²) in [7, 11) is 3.28. The van der Waals surface area contributed by atoms with E-state index in [2.05, 4.69) is 0 Å². The lowest BCUT2D eigenvalue weighted by molar-refractivity contribution is 0.0367. The van der Waals surface area contributed by atoms with Gasteiger partial charge in [-0.25, -0.2) is 0 Å². The van der Waals surface area contributed by atoms with Gasteiger partial charge in [0, 0.05) is 19.2 Å². The first-order valence-electron chi connectivity index (χ1n) is 5.87. The summed E-state index contributed by atoms with van der Waals surface area (Å²) in [4.78, 5) is 13.7. The third kappa shape index (κ3) is 3.74. The molecule has 4 heteroatoms. The number of hydrogen-bond acceptors (Lipinski definition) is 3. The zero-order chi connectivity index (χ0) is 13.9. The quantitative estimate of drug-likeness (QED) is 0.888. The van der Waals surface area contributed by atoms with Crippen LogP contribution in [0.1, 0.15) is 29.8 Å². The lowest BCUT2D eigenvalue weighted by Crippen LogP contribution is -2.39. The first kappa shape index (κ1) is 14.5. The van der Waals surface area contributed by atoms with Gasteiger partial charge in [0.15, 0.2) is 0 Å². The zero-order valence-electron chi connectivity index (χ0n) is 11.7. The van der Waals surface area contributed by atoms with Gasteiger partial charge in [-0.3, -0.25) is 4.79 Å². The summed E-state index contributed by atoms with van der Waals surface area (Å²) in [6.07, 6.45) is 0. The lowest BCUT2D eigenvalue weighted by atomic mass is 10.1. The van der Waals surface area contributed by atoms with Gasteiger partial charge < -0.3 is 14.7 Å². The Balaban J connectivity index is 2.90. The van der Waals surface area contributed by atoms with Crippen molar-refractivity contribution in [2.24, 2.45) is 0 Å². The number of likely N-dealkylation sites (N-methyl/N-ethyl adjacent to an activating group) is 1. The first-order valence-corrected chi connectivity index (χ1v) is 5.87. The van der Waals surface area contributed by atoms with Crippen molar-refractivity contribution in [3.63, 3.8) is 0 Å². The fraction of sp³-hybridized carbons (Fsp3) is 0.500. The first-order chi connectivity index (χ1) is 8.24. The number of hydrogen-bond donors (Lipinski definition) is 1. The molecule has 0 heterocycles. The molecule has 1 aromatic carbocycles. The number of rotatable bonds is 4. The maximum absolute atomic E-state index is 12.2. The zero-order valence-corrected chi connectivity index (χ0v) is 11.7. The molecule has 0 bridgehead atoms. The van der Waals surface area contributed by atoms with Crippen LogP contribution in [-0.2, 0) is 0 Å². The van der Waals surface area contributed by atoms with Gasteiger partial charge >= 0.3 is 0 Å². The Bertz CT molecular complexity index is 435. The highest BCUT2D eigenvalue weighted by molar-refractivity contribution is 5.95. The molecule has 4 nitrogen and oxygen atoms in total. The van der Waals surface area contributed by atoms with Crippen LogP contribution in [0.5, 0.6) is 5.75 Å². The minimum absolute atomic E-state index is 0.0997. The van der Waals surface area contributed by atoms with E-state index in [-0.39, 0.29) is 12.5 Å². The van der Waals surface area contributed by atoms with Crippen LogP contribution in [0.25, 0.3) is 0 Å². The van der Waals surface area contributed by atoms with Gasteiger partial charge in [0.1, 0.15) is 5.75 Å². The van der Waals surface area contributed by atoms with E-state index in [4.69, 9.17) is 4.74 Å². The second kappa shape index (κ2) is 5.40. The molecular weight excluding hydrogens is 230 g/mol. The lowest BCUT2D eigenvalue weighted by Gasteiger charge is -2.26. The molecule has 0 radical (unpaired) electrons. The van der Waals surface area contributed by atoms with Crippen molar-refractivity contribution in [1.29, 1.82) is 0 Å². The van der Waals surface area contributed by atoms with Gasteiger partial charge in [-0.2, -0.15) is 0 Å². The van der Waals surface area contributed by atoms with Crippen LogP contribution in [0.4, 0.5) is 0 Å². The molecule has 0 saturated carbocycles. The molecule has 0 aromatic heterocycles. The Morgan fingerprint density at radius 3 is 2.50 bits per heavy atom. The largest absolute Gasteiger partial charge is 0.497 e. The van der Waals surface area contributed by atoms with Crippen LogP contribution in [0.2, 0.25) is 0 Å². The molecule has 0 atom stereocenters. The topological polar surface area (TPSA) is 49.8 Å². The second-order valence-corrected chi connectivity index (χ2v) is 5.15. The van der Waals surface area contributed by atoms with Gasteiger partial charge in [0.2, 0.25) is 0 Å². The predicted octanol–water partition coefficient (Wildman–Crippen LogP) is 1.85. The Morgan fingerprint density at radius 1 is 1.44 bits per heavy atom.